The Kier molecular flexibility index (Phi) is 3.49. The largest absolute Gasteiger partial charge is 0.311 e. The number of nitrogens with zero attached hydrogens (tertiary/aromatic N) is 1. The summed E-state index contributed by atoms with van der Waals surface area (Å²) in [5, 5.41) is 3.74. The standard InChI is InChI=1S/C14H26N2/c1-2-7-16(8-3-1)9-6-12-10-13-4-5-14(11-12)15-13/h12-15H,1-11H2. The van der Waals surface area contributed by atoms with E-state index in [-0.39, 0.29) is 0 Å². The van der Waals surface area contributed by atoms with Crippen molar-refractivity contribution in [1.29, 1.82) is 0 Å². The van der Waals surface area contributed by atoms with Gasteiger partial charge in [0.1, 0.15) is 0 Å². The van der Waals surface area contributed by atoms with Crippen molar-refractivity contribution in [3.8, 4) is 0 Å². The highest BCUT2D eigenvalue weighted by Crippen LogP contribution is 2.32. The zero-order chi connectivity index (χ0) is 10.8. The van der Waals surface area contributed by atoms with Gasteiger partial charge in [-0.15, -0.1) is 0 Å². The Morgan fingerprint density at radius 2 is 1.62 bits per heavy atom. The fourth-order valence-corrected chi connectivity index (χ4v) is 3.96. The van der Waals surface area contributed by atoms with Crippen LogP contribution in [0.3, 0.4) is 0 Å². The van der Waals surface area contributed by atoms with E-state index in [0.717, 1.165) is 18.0 Å². The van der Waals surface area contributed by atoms with Gasteiger partial charge >= 0.3 is 0 Å². The average molecular weight is 222 g/mol. The van der Waals surface area contributed by atoms with Gasteiger partial charge in [-0.25, -0.2) is 0 Å². The maximum atomic E-state index is 3.74. The first-order chi connectivity index (χ1) is 7.90. The van der Waals surface area contributed by atoms with E-state index in [1.54, 1.807) is 0 Å². The second-order valence-corrected chi connectivity index (χ2v) is 6.17. The molecule has 3 rings (SSSR count). The third-order valence-corrected chi connectivity index (χ3v) is 4.87. The monoisotopic (exact) mass is 222 g/mol. The van der Waals surface area contributed by atoms with Crippen LogP contribution in [0.1, 0.15) is 51.4 Å². The molecule has 2 heteroatoms. The van der Waals surface area contributed by atoms with Gasteiger partial charge in [0.2, 0.25) is 0 Å². The highest BCUT2D eigenvalue weighted by molar-refractivity contribution is 4.92. The smallest absolute Gasteiger partial charge is 0.00728 e. The first-order valence-electron chi connectivity index (χ1n) is 7.38. The Labute approximate surface area is 99.8 Å². The van der Waals surface area contributed by atoms with E-state index in [2.05, 4.69) is 10.2 Å². The summed E-state index contributed by atoms with van der Waals surface area (Å²) in [5.41, 5.74) is 0. The van der Waals surface area contributed by atoms with E-state index < -0.39 is 0 Å². The molecular weight excluding hydrogens is 196 g/mol. The van der Waals surface area contributed by atoms with E-state index in [4.69, 9.17) is 0 Å². The molecule has 3 aliphatic rings. The quantitative estimate of drug-likeness (QED) is 0.789. The summed E-state index contributed by atoms with van der Waals surface area (Å²) in [6.07, 6.45) is 11.6. The van der Waals surface area contributed by atoms with Crippen LogP contribution in [0.25, 0.3) is 0 Å². The number of rotatable bonds is 3. The van der Waals surface area contributed by atoms with E-state index in [1.165, 1.54) is 71.0 Å². The minimum absolute atomic E-state index is 0.880. The van der Waals surface area contributed by atoms with Gasteiger partial charge in [0, 0.05) is 12.1 Å². The maximum Gasteiger partial charge on any atom is 0.00728 e. The predicted molar refractivity (Wildman–Crippen MR) is 67.6 cm³/mol. The molecule has 0 aromatic heterocycles. The molecule has 0 saturated carbocycles. The van der Waals surface area contributed by atoms with Crippen LogP contribution in [0.4, 0.5) is 0 Å². The van der Waals surface area contributed by atoms with Crippen molar-refractivity contribution in [2.75, 3.05) is 19.6 Å². The van der Waals surface area contributed by atoms with Crippen molar-refractivity contribution in [2.45, 2.75) is 63.5 Å². The summed E-state index contributed by atoms with van der Waals surface area (Å²) in [4.78, 5) is 2.70. The fraction of sp³-hybridized carbons (Fsp3) is 1.00. The molecule has 16 heavy (non-hydrogen) atoms. The second-order valence-electron chi connectivity index (χ2n) is 6.17. The Morgan fingerprint density at radius 1 is 0.938 bits per heavy atom. The van der Waals surface area contributed by atoms with Crippen molar-refractivity contribution in [1.82, 2.24) is 10.2 Å². The van der Waals surface area contributed by atoms with E-state index in [0.29, 0.717) is 0 Å². The van der Waals surface area contributed by atoms with Crippen molar-refractivity contribution >= 4 is 0 Å². The Morgan fingerprint density at radius 3 is 2.31 bits per heavy atom. The average Bonchev–Trinajstić information content (AvgIpc) is 2.67. The Bertz CT molecular complexity index is 211. The molecule has 1 N–H and O–H groups in total. The minimum Gasteiger partial charge on any atom is -0.311 e. The Hall–Kier alpha value is -0.0800. The van der Waals surface area contributed by atoms with Crippen LogP contribution in [0.5, 0.6) is 0 Å². The molecule has 0 aromatic rings. The number of fused-ring (bicyclic) bond motifs is 2. The highest BCUT2D eigenvalue weighted by Gasteiger charge is 2.33. The molecule has 3 aliphatic heterocycles. The van der Waals surface area contributed by atoms with Crippen molar-refractivity contribution in [2.24, 2.45) is 5.92 Å². The zero-order valence-corrected chi connectivity index (χ0v) is 10.5. The first kappa shape index (κ1) is 11.0. The molecule has 2 nitrogen and oxygen atoms in total. The number of piperidine rings is 2. The number of hydrogen-bond donors (Lipinski definition) is 1. The lowest BCUT2D eigenvalue weighted by Crippen LogP contribution is -2.39. The molecule has 2 atom stereocenters. The van der Waals surface area contributed by atoms with Gasteiger partial charge in [-0.1, -0.05) is 6.42 Å². The topological polar surface area (TPSA) is 15.3 Å². The lowest BCUT2D eigenvalue weighted by Gasteiger charge is -2.32. The van der Waals surface area contributed by atoms with Crippen molar-refractivity contribution in [3.05, 3.63) is 0 Å². The van der Waals surface area contributed by atoms with E-state index in [9.17, 15) is 0 Å². The molecule has 2 unspecified atom stereocenters. The third kappa shape index (κ3) is 2.60. The summed E-state index contributed by atoms with van der Waals surface area (Å²) >= 11 is 0. The van der Waals surface area contributed by atoms with Gasteiger partial charge in [-0.05, 0) is 70.5 Å². The first-order valence-corrected chi connectivity index (χ1v) is 7.38. The highest BCUT2D eigenvalue weighted by atomic mass is 15.1. The molecule has 3 fully saturated rings. The Balaban J connectivity index is 1.41. The third-order valence-electron chi connectivity index (χ3n) is 4.87. The molecule has 0 amide bonds. The van der Waals surface area contributed by atoms with Crippen LogP contribution in [-0.2, 0) is 0 Å². The SMILES string of the molecule is C1CCN(CCC2CC3CCC(C2)N3)CC1. The van der Waals surface area contributed by atoms with Crippen molar-refractivity contribution in [3.63, 3.8) is 0 Å². The molecule has 0 spiro atoms. The van der Waals surface area contributed by atoms with Crippen LogP contribution >= 0.6 is 0 Å². The lowest BCUT2D eigenvalue weighted by atomic mass is 9.89. The predicted octanol–water partition coefficient (Wildman–Crippen LogP) is 2.39. The van der Waals surface area contributed by atoms with Gasteiger partial charge in [-0.3, -0.25) is 0 Å². The van der Waals surface area contributed by atoms with Crippen LogP contribution in [0.2, 0.25) is 0 Å². The molecule has 3 heterocycles. The van der Waals surface area contributed by atoms with Crippen LogP contribution < -0.4 is 5.32 Å². The van der Waals surface area contributed by atoms with Crippen LogP contribution in [0.15, 0.2) is 0 Å². The number of likely N-dealkylation sites (tertiary alicyclic amines) is 1. The number of nitrogens with one attached hydrogen (secondary N) is 1. The van der Waals surface area contributed by atoms with Crippen LogP contribution in [-0.4, -0.2) is 36.6 Å². The lowest BCUT2D eigenvalue weighted by molar-refractivity contribution is 0.193. The van der Waals surface area contributed by atoms with E-state index in [1.807, 2.05) is 0 Å². The van der Waals surface area contributed by atoms with Gasteiger partial charge in [0.15, 0.2) is 0 Å². The maximum absolute atomic E-state index is 3.74. The minimum atomic E-state index is 0.880. The zero-order valence-electron chi connectivity index (χ0n) is 10.5. The van der Waals surface area contributed by atoms with Gasteiger partial charge in [-0.2, -0.15) is 0 Å². The summed E-state index contributed by atoms with van der Waals surface area (Å²) in [6.45, 7) is 4.12. The molecule has 0 aliphatic carbocycles. The molecule has 0 aromatic carbocycles. The number of hydrogen-bond acceptors (Lipinski definition) is 2. The molecular formula is C14H26N2. The fourth-order valence-electron chi connectivity index (χ4n) is 3.96. The van der Waals surface area contributed by atoms with Gasteiger partial charge in [0.25, 0.3) is 0 Å². The summed E-state index contributed by atoms with van der Waals surface area (Å²) in [7, 11) is 0. The summed E-state index contributed by atoms with van der Waals surface area (Å²) in [6, 6.07) is 1.76. The molecule has 2 bridgehead atoms. The van der Waals surface area contributed by atoms with Gasteiger partial charge < -0.3 is 10.2 Å². The van der Waals surface area contributed by atoms with Crippen molar-refractivity contribution < 1.29 is 0 Å². The van der Waals surface area contributed by atoms with Gasteiger partial charge in [0.05, 0.1) is 0 Å². The molecule has 92 valence electrons. The summed E-state index contributed by atoms with van der Waals surface area (Å²) in [5.74, 6) is 1.03. The van der Waals surface area contributed by atoms with E-state index >= 15 is 0 Å². The second kappa shape index (κ2) is 5.05. The van der Waals surface area contributed by atoms with Crippen LogP contribution in [0, 0.1) is 5.92 Å². The normalized spacial score (nSPS) is 40.1. The molecule has 3 saturated heterocycles. The summed E-state index contributed by atoms with van der Waals surface area (Å²) < 4.78 is 0. The molecule has 0 radical (unpaired) electrons.